The minimum absolute atomic E-state index is 0.785. The monoisotopic (exact) mass is 253 g/mol. The molecule has 0 radical (unpaired) electrons. The van der Waals surface area contributed by atoms with Crippen LogP contribution >= 0.6 is 0 Å². The number of hydrogen-bond acceptors (Lipinski definition) is 3. The Hall–Kier alpha value is -1.69. The van der Waals surface area contributed by atoms with E-state index in [4.69, 9.17) is 0 Å². The minimum atomic E-state index is -3.36. The van der Waals surface area contributed by atoms with Gasteiger partial charge >= 0.3 is 0 Å². The van der Waals surface area contributed by atoms with E-state index >= 15 is 0 Å². The molecule has 0 aliphatic heterocycles. The Morgan fingerprint density at radius 1 is 1.29 bits per heavy atom. The van der Waals surface area contributed by atoms with Crippen molar-refractivity contribution in [2.24, 2.45) is 9.50 Å². The first-order valence-electron chi connectivity index (χ1n) is 4.97. The van der Waals surface area contributed by atoms with Crippen molar-refractivity contribution >= 4 is 22.1 Å². The fourth-order valence-electron chi connectivity index (χ4n) is 1.15. The molecular weight excluding hydrogens is 238 g/mol. The summed E-state index contributed by atoms with van der Waals surface area (Å²) in [7, 11) is -1.73. The predicted octanol–water partition coefficient (Wildman–Crippen LogP) is 1.33. The zero-order chi connectivity index (χ0) is 12.9. The van der Waals surface area contributed by atoms with Crippen LogP contribution in [-0.2, 0) is 10.0 Å². The minimum Gasteiger partial charge on any atom is -0.256 e. The molecule has 1 rings (SSSR count). The van der Waals surface area contributed by atoms with Crippen molar-refractivity contribution in [1.29, 1.82) is 0 Å². The smallest absolute Gasteiger partial charge is 0.251 e. The molecule has 5 nitrogen and oxygen atoms in total. The van der Waals surface area contributed by atoms with Gasteiger partial charge in [0.1, 0.15) is 6.34 Å². The Bertz CT molecular complexity index is 521. The first kappa shape index (κ1) is 13.4. The van der Waals surface area contributed by atoms with E-state index in [0.29, 0.717) is 0 Å². The summed E-state index contributed by atoms with van der Waals surface area (Å²) in [6, 6.07) is 9.62. The van der Waals surface area contributed by atoms with Crippen molar-refractivity contribution in [2.75, 3.05) is 13.3 Å². The molecule has 0 fully saturated rings. The summed E-state index contributed by atoms with van der Waals surface area (Å²) in [6.07, 6.45) is 2.20. The van der Waals surface area contributed by atoms with Crippen molar-refractivity contribution in [3.63, 3.8) is 0 Å². The number of hydrogen-bond donors (Lipinski definition) is 0. The highest BCUT2D eigenvalue weighted by Gasteiger charge is 1.98. The Kier molecular flexibility index (Phi) is 4.39. The highest BCUT2D eigenvalue weighted by atomic mass is 32.2. The molecule has 0 spiro atoms. The molecule has 0 saturated heterocycles. The normalized spacial score (nSPS) is 13.0. The van der Waals surface area contributed by atoms with Crippen molar-refractivity contribution in [2.45, 2.75) is 6.92 Å². The molecular formula is C11H15N3O2S. The van der Waals surface area contributed by atoms with Gasteiger partial charge < -0.3 is 0 Å². The summed E-state index contributed by atoms with van der Waals surface area (Å²) in [5, 5.41) is 5.55. The molecule has 0 aliphatic carbocycles. The van der Waals surface area contributed by atoms with Gasteiger partial charge in [0.05, 0.1) is 12.0 Å². The Morgan fingerprint density at radius 2 is 1.88 bits per heavy atom. The summed E-state index contributed by atoms with van der Waals surface area (Å²) >= 11 is 0. The molecule has 1 aromatic rings. The zero-order valence-electron chi connectivity index (χ0n) is 10.0. The van der Waals surface area contributed by atoms with E-state index < -0.39 is 10.0 Å². The molecule has 0 N–H and O–H groups in total. The highest BCUT2D eigenvalue weighted by Crippen LogP contribution is 2.01. The van der Waals surface area contributed by atoms with E-state index in [2.05, 4.69) is 9.50 Å². The summed E-state index contributed by atoms with van der Waals surface area (Å²) in [5.74, 6) is 0. The molecule has 0 bridgehead atoms. The van der Waals surface area contributed by atoms with Crippen LogP contribution in [0.4, 0.5) is 0 Å². The van der Waals surface area contributed by atoms with Crippen molar-refractivity contribution < 1.29 is 8.42 Å². The van der Waals surface area contributed by atoms with Crippen molar-refractivity contribution in [1.82, 2.24) is 5.01 Å². The molecule has 0 heterocycles. The van der Waals surface area contributed by atoms with Gasteiger partial charge in [0.25, 0.3) is 10.0 Å². The first-order chi connectivity index (χ1) is 7.88. The molecule has 6 heteroatoms. The number of rotatable bonds is 4. The summed E-state index contributed by atoms with van der Waals surface area (Å²) < 4.78 is 25.0. The van der Waals surface area contributed by atoms with Gasteiger partial charge in [-0.2, -0.15) is 9.50 Å². The molecule has 0 aromatic heterocycles. The van der Waals surface area contributed by atoms with Gasteiger partial charge in [-0.25, -0.2) is 8.42 Å². The van der Waals surface area contributed by atoms with E-state index in [0.717, 1.165) is 17.5 Å². The lowest BCUT2D eigenvalue weighted by Crippen LogP contribution is -2.12. The van der Waals surface area contributed by atoms with E-state index in [1.54, 1.807) is 7.05 Å². The van der Waals surface area contributed by atoms with Crippen LogP contribution in [0, 0.1) is 0 Å². The lowest BCUT2D eigenvalue weighted by Gasteiger charge is -2.07. The van der Waals surface area contributed by atoms with E-state index in [1.165, 1.54) is 11.3 Å². The van der Waals surface area contributed by atoms with Gasteiger partial charge in [0, 0.05) is 7.05 Å². The topological polar surface area (TPSA) is 62.1 Å². The van der Waals surface area contributed by atoms with Gasteiger partial charge in [0.15, 0.2) is 0 Å². The van der Waals surface area contributed by atoms with Gasteiger partial charge in [-0.05, 0) is 12.5 Å². The standard InChI is InChI=1S/C11H15N3O2S/c1-10(11-7-5-4-6-8-11)13-14(2)9-12-17(3,15)16/h4-9H,1-3H3. The summed E-state index contributed by atoms with van der Waals surface area (Å²) in [4.78, 5) is 0. The van der Waals surface area contributed by atoms with E-state index in [1.807, 2.05) is 37.3 Å². The van der Waals surface area contributed by atoms with E-state index in [-0.39, 0.29) is 0 Å². The maximum atomic E-state index is 10.8. The number of hydrazone groups is 1. The Labute approximate surface area is 102 Å². The molecule has 0 atom stereocenters. The van der Waals surface area contributed by atoms with Crippen LogP contribution < -0.4 is 0 Å². The second-order valence-electron chi connectivity index (χ2n) is 3.58. The van der Waals surface area contributed by atoms with Crippen LogP contribution in [0.5, 0.6) is 0 Å². The van der Waals surface area contributed by atoms with Crippen molar-refractivity contribution in [3.8, 4) is 0 Å². The van der Waals surface area contributed by atoms with Crippen LogP contribution in [0.25, 0.3) is 0 Å². The number of nitrogens with zero attached hydrogens (tertiary/aromatic N) is 3. The summed E-state index contributed by atoms with van der Waals surface area (Å²) in [5.41, 5.74) is 1.76. The highest BCUT2D eigenvalue weighted by molar-refractivity contribution is 7.89. The summed E-state index contributed by atoms with van der Waals surface area (Å²) in [6.45, 7) is 1.85. The molecule has 1 aromatic carbocycles. The third-order valence-corrected chi connectivity index (χ3v) is 2.38. The van der Waals surface area contributed by atoms with Crippen LogP contribution in [-0.4, -0.2) is 38.8 Å². The van der Waals surface area contributed by atoms with E-state index in [9.17, 15) is 8.42 Å². The number of benzene rings is 1. The average molecular weight is 253 g/mol. The molecule has 17 heavy (non-hydrogen) atoms. The second-order valence-corrected chi connectivity index (χ2v) is 5.26. The molecule has 0 aliphatic rings. The fourth-order valence-corrected chi connectivity index (χ4v) is 1.46. The number of sulfonamides is 1. The SMILES string of the molecule is CC(=NN(C)C=NS(C)(=O)=O)c1ccccc1. The van der Waals surface area contributed by atoms with Gasteiger partial charge in [-0.15, -0.1) is 0 Å². The quantitative estimate of drug-likeness (QED) is 0.462. The first-order valence-corrected chi connectivity index (χ1v) is 6.82. The second kappa shape index (κ2) is 5.58. The molecule has 92 valence electrons. The van der Waals surface area contributed by atoms with Gasteiger partial charge in [0.2, 0.25) is 0 Å². The Balaban J connectivity index is 2.80. The molecule has 0 unspecified atom stereocenters. The average Bonchev–Trinajstić information content (AvgIpc) is 2.27. The lowest BCUT2D eigenvalue weighted by molar-refractivity contribution is 0.559. The zero-order valence-corrected chi connectivity index (χ0v) is 10.8. The predicted molar refractivity (Wildman–Crippen MR) is 69.8 cm³/mol. The largest absolute Gasteiger partial charge is 0.256 e. The van der Waals surface area contributed by atoms with Crippen LogP contribution in [0.2, 0.25) is 0 Å². The van der Waals surface area contributed by atoms with Crippen LogP contribution in [0.3, 0.4) is 0 Å². The van der Waals surface area contributed by atoms with Crippen LogP contribution in [0.1, 0.15) is 12.5 Å². The van der Waals surface area contributed by atoms with Gasteiger partial charge in [-0.3, -0.25) is 5.01 Å². The molecule has 0 amide bonds. The molecule has 0 saturated carbocycles. The maximum Gasteiger partial charge on any atom is 0.251 e. The van der Waals surface area contributed by atoms with Crippen LogP contribution in [0.15, 0.2) is 39.8 Å². The third-order valence-electron chi connectivity index (χ3n) is 1.91. The fraction of sp³-hybridized carbons (Fsp3) is 0.273. The Morgan fingerprint density at radius 3 is 2.41 bits per heavy atom. The lowest BCUT2D eigenvalue weighted by atomic mass is 10.1. The van der Waals surface area contributed by atoms with Gasteiger partial charge in [-0.1, -0.05) is 30.3 Å². The third kappa shape index (κ3) is 5.26. The van der Waals surface area contributed by atoms with Crippen molar-refractivity contribution in [3.05, 3.63) is 35.9 Å². The maximum absolute atomic E-state index is 10.8.